The molecule has 1 aromatic heterocycles. The summed E-state index contributed by atoms with van der Waals surface area (Å²) in [5.41, 5.74) is 2.64. The molecule has 1 unspecified atom stereocenters. The average molecular weight is 486 g/mol. The van der Waals surface area contributed by atoms with Crippen molar-refractivity contribution in [3.63, 3.8) is 0 Å². The molecule has 0 spiro atoms. The Balaban J connectivity index is 1.61. The van der Waals surface area contributed by atoms with Crippen molar-refractivity contribution in [3.8, 4) is 5.75 Å². The highest BCUT2D eigenvalue weighted by molar-refractivity contribution is 7.99. The van der Waals surface area contributed by atoms with Crippen molar-refractivity contribution in [1.82, 2.24) is 14.1 Å². The highest BCUT2D eigenvalue weighted by atomic mass is 32.2. The summed E-state index contributed by atoms with van der Waals surface area (Å²) < 4.78 is 34.4. The zero-order valence-electron chi connectivity index (χ0n) is 19.1. The van der Waals surface area contributed by atoms with E-state index < -0.39 is 16.1 Å². The van der Waals surface area contributed by atoms with Gasteiger partial charge in [-0.15, -0.1) is 0 Å². The molecule has 4 rings (SSSR count). The molecule has 0 amide bonds. The number of hydrogen-bond acceptors (Lipinski definition) is 6. The van der Waals surface area contributed by atoms with Crippen molar-refractivity contribution in [3.05, 3.63) is 65.5 Å². The van der Waals surface area contributed by atoms with E-state index in [0.29, 0.717) is 25.1 Å². The van der Waals surface area contributed by atoms with Gasteiger partial charge in [-0.3, -0.25) is 4.79 Å². The van der Waals surface area contributed by atoms with E-state index in [2.05, 4.69) is 5.10 Å². The van der Waals surface area contributed by atoms with E-state index in [9.17, 15) is 13.2 Å². The lowest BCUT2D eigenvalue weighted by Crippen LogP contribution is -2.43. The van der Waals surface area contributed by atoms with Crippen LogP contribution in [0.1, 0.15) is 34.6 Å². The molecule has 0 saturated carbocycles. The summed E-state index contributed by atoms with van der Waals surface area (Å²) >= 11 is 1.56. The minimum atomic E-state index is -3.82. The number of nitrogens with zero attached hydrogens (tertiary/aromatic N) is 3. The molecule has 0 bridgehead atoms. The zero-order valence-corrected chi connectivity index (χ0v) is 20.7. The SMILES string of the molecule is COc1ccc(S(=O)(=O)N2CCCC2C(=O)n2nc(C)c(Sc3ccc(C)cc3)c2C)cc1. The maximum atomic E-state index is 13.5. The van der Waals surface area contributed by atoms with Gasteiger partial charge in [0.1, 0.15) is 11.8 Å². The fourth-order valence-corrected chi connectivity index (χ4v) is 6.60. The van der Waals surface area contributed by atoms with Gasteiger partial charge in [-0.2, -0.15) is 9.40 Å². The lowest BCUT2D eigenvalue weighted by Gasteiger charge is -2.23. The van der Waals surface area contributed by atoms with Crippen LogP contribution in [0.15, 0.2) is 63.2 Å². The minimum absolute atomic E-state index is 0.145. The molecule has 3 aromatic rings. The molecule has 1 aliphatic heterocycles. The van der Waals surface area contributed by atoms with E-state index in [1.165, 1.54) is 33.8 Å². The number of aryl methyl sites for hydroxylation is 2. The fourth-order valence-electron chi connectivity index (χ4n) is 4.01. The summed E-state index contributed by atoms with van der Waals surface area (Å²) in [6.45, 7) is 6.06. The molecule has 1 saturated heterocycles. The van der Waals surface area contributed by atoms with Crippen LogP contribution < -0.4 is 4.74 Å². The van der Waals surface area contributed by atoms with Crippen LogP contribution in [0.3, 0.4) is 0 Å². The van der Waals surface area contributed by atoms with Crippen LogP contribution in [0.5, 0.6) is 5.75 Å². The Labute approximate surface area is 198 Å². The number of aromatic nitrogens is 2. The van der Waals surface area contributed by atoms with Crippen LogP contribution in [0, 0.1) is 20.8 Å². The van der Waals surface area contributed by atoms with Gasteiger partial charge in [0.05, 0.1) is 28.3 Å². The van der Waals surface area contributed by atoms with Crippen molar-refractivity contribution in [1.29, 1.82) is 0 Å². The second-order valence-corrected chi connectivity index (χ2v) is 11.1. The molecular formula is C24H27N3O4S2. The lowest BCUT2D eigenvalue weighted by molar-refractivity contribution is 0.0813. The highest BCUT2D eigenvalue weighted by Gasteiger charge is 2.41. The maximum absolute atomic E-state index is 13.5. The van der Waals surface area contributed by atoms with Gasteiger partial charge >= 0.3 is 0 Å². The third kappa shape index (κ3) is 4.58. The summed E-state index contributed by atoms with van der Waals surface area (Å²) in [6.07, 6.45) is 1.09. The molecule has 174 valence electrons. The quantitative estimate of drug-likeness (QED) is 0.513. The van der Waals surface area contributed by atoms with Crippen molar-refractivity contribution >= 4 is 27.7 Å². The smallest absolute Gasteiger partial charge is 0.265 e. The topological polar surface area (TPSA) is 81.5 Å². The Kier molecular flexibility index (Phi) is 6.65. The molecule has 0 aliphatic carbocycles. The highest BCUT2D eigenvalue weighted by Crippen LogP contribution is 2.34. The van der Waals surface area contributed by atoms with Crippen molar-refractivity contribution in [2.24, 2.45) is 0 Å². The van der Waals surface area contributed by atoms with Gasteiger partial charge in [0.25, 0.3) is 5.91 Å². The number of methoxy groups -OCH3 is 1. The van der Waals surface area contributed by atoms with E-state index in [1.807, 2.05) is 45.0 Å². The molecule has 0 N–H and O–H groups in total. The molecule has 1 aliphatic rings. The third-order valence-electron chi connectivity index (χ3n) is 5.83. The average Bonchev–Trinajstić information content (AvgIpc) is 3.41. The van der Waals surface area contributed by atoms with Crippen LogP contribution >= 0.6 is 11.8 Å². The molecule has 2 aromatic carbocycles. The Bertz CT molecular complexity index is 1270. The Morgan fingerprint density at radius 1 is 1.06 bits per heavy atom. The standard InChI is InChI=1S/C24H27N3O4S2/c1-16-7-11-20(12-8-16)32-23-17(2)25-27(18(23)3)24(28)22-6-5-15-26(22)33(29,30)21-13-9-19(31-4)10-14-21/h7-14,22H,5-6,15H2,1-4H3. The number of carbonyl (C=O) groups is 1. The summed E-state index contributed by atoms with van der Waals surface area (Å²) in [5, 5.41) is 4.49. The van der Waals surface area contributed by atoms with Crippen molar-refractivity contribution in [2.45, 2.75) is 54.3 Å². The summed E-state index contributed by atoms with van der Waals surface area (Å²) in [4.78, 5) is 15.6. The summed E-state index contributed by atoms with van der Waals surface area (Å²) in [6, 6.07) is 13.6. The van der Waals surface area contributed by atoms with Gasteiger partial charge in [0.2, 0.25) is 10.0 Å². The number of ether oxygens (including phenoxy) is 1. The van der Waals surface area contributed by atoms with Crippen LogP contribution in [-0.2, 0) is 10.0 Å². The number of sulfonamides is 1. The molecule has 33 heavy (non-hydrogen) atoms. The normalized spacial score (nSPS) is 16.8. The largest absolute Gasteiger partial charge is 0.497 e. The number of rotatable bonds is 6. The van der Waals surface area contributed by atoms with Crippen LogP contribution in [-0.4, -0.2) is 48.1 Å². The first-order valence-electron chi connectivity index (χ1n) is 10.7. The van der Waals surface area contributed by atoms with Gasteiger partial charge < -0.3 is 4.74 Å². The predicted molar refractivity (Wildman–Crippen MR) is 128 cm³/mol. The molecular weight excluding hydrogens is 458 g/mol. The van der Waals surface area contributed by atoms with E-state index in [1.54, 1.807) is 23.9 Å². The predicted octanol–water partition coefficient (Wildman–Crippen LogP) is 4.46. The first-order valence-corrected chi connectivity index (χ1v) is 13.0. The third-order valence-corrected chi connectivity index (χ3v) is 9.05. The van der Waals surface area contributed by atoms with E-state index in [0.717, 1.165) is 21.2 Å². The Hall–Kier alpha value is -2.62. The molecule has 1 fully saturated rings. The first kappa shape index (κ1) is 23.5. The van der Waals surface area contributed by atoms with Crippen molar-refractivity contribution < 1.29 is 17.9 Å². The first-order chi connectivity index (χ1) is 15.7. The summed E-state index contributed by atoms with van der Waals surface area (Å²) in [7, 11) is -2.30. The minimum Gasteiger partial charge on any atom is -0.497 e. The second kappa shape index (κ2) is 9.32. The molecule has 7 nitrogen and oxygen atoms in total. The Morgan fingerprint density at radius 2 is 1.73 bits per heavy atom. The van der Waals surface area contributed by atoms with Crippen LogP contribution in [0.25, 0.3) is 0 Å². The van der Waals surface area contributed by atoms with Gasteiger partial charge in [-0.05, 0) is 70.0 Å². The lowest BCUT2D eigenvalue weighted by atomic mass is 10.2. The number of hydrogen-bond donors (Lipinski definition) is 0. The van der Waals surface area contributed by atoms with Crippen molar-refractivity contribution in [2.75, 3.05) is 13.7 Å². The Morgan fingerprint density at radius 3 is 2.36 bits per heavy atom. The number of benzene rings is 2. The molecule has 9 heteroatoms. The van der Waals surface area contributed by atoms with Crippen LogP contribution in [0.4, 0.5) is 0 Å². The van der Waals surface area contributed by atoms with Gasteiger partial charge in [-0.25, -0.2) is 13.1 Å². The van der Waals surface area contributed by atoms with E-state index >= 15 is 0 Å². The monoisotopic (exact) mass is 485 g/mol. The molecule has 2 heterocycles. The molecule has 1 atom stereocenters. The summed E-state index contributed by atoms with van der Waals surface area (Å²) in [5.74, 6) is 0.255. The van der Waals surface area contributed by atoms with Gasteiger partial charge in [-0.1, -0.05) is 29.5 Å². The van der Waals surface area contributed by atoms with Crippen LogP contribution in [0.2, 0.25) is 0 Å². The van der Waals surface area contributed by atoms with E-state index in [4.69, 9.17) is 4.74 Å². The molecule has 0 radical (unpaired) electrons. The number of carbonyl (C=O) groups excluding carboxylic acids is 1. The van der Waals surface area contributed by atoms with E-state index in [-0.39, 0.29) is 10.8 Å². The van der Waals surface area contributed by atoms with Gasteiger partial charge in [0.15, 0.2) is 0 Å². The zero-order chi connectivity index (χ0) is 23.8. The van der Waals surface area contributed by atoms with Gasteiger partial charge in [0, 0.05) is 11.4 Å². The second-order valence-electron chi connectivity index (χ2n) is 8.11. The fraction of sp³-hybridized carbons (Fsp3) is 0.333. The maximum Gasteiger partial charge on any atom is 0.265 e.